The van der Waals surface area contributed by atoms with Gasteiger partial charge in [0.1, 0.15) is 12.2 Å². The quantitative estimate of drug-likeness (QED) is 0.0180. The predicted octanol–water partition coefficient (Wildman–Crippen LogP) is 38.3. The van der Waals surface area contributed by atoms with Crippen molar-refractivity contribution in [1.29, 1.82) is 0 Å². The van der Waals surface area contributed by atoms with E-state index in [0.717, 1.165) is 113 Å². The number of unbranched alkanes of at least 4 members (excludes halogenated alkanes) is 3. The Kier molecular flexibility index (Phi) is 125. The van der Waals surface area contributed by atoms with Crippen molar-refractivity contribution in [2.45, 2.75) is 280 Å². The first kappa shape index (κ1) is 148. The van der Waals surface area contributed by atoms with E-state index in [-0.39, 0.29) is 134 Å². The number of benzene rings is 3. The van der Waals surface area contributed by atoms with E-state index < -0.39 is 22.6 Å². The number of allylic oxidation sites excluding steroid dienone is 28. The maximum Gasteiger partial charge on any atom is 0.162 e. The fourth-order valence-corrected chi connectivity index (χ4v) is 19.1. The molecular weight excluding hydrogens is 2470 g/mol. The monoisotopic (exact) mass is 2650 g/mol. The minimum Gasteiger partial charge on any atom is -0.358 e. The molecule has 0 heterocycles. The molecule has 0 saturated heterocycles. The molecule has 0 N–H and O–H groups in total. The van der Waals surface area contributed by atoms with Crippen molar-refractivity contribution in [2.24, 2.45) is 17.8 Å². The topological polar surface area (TPSA) is 90.9 Å². The minimum atomic E-state index is -0.688. The Hall–Kier alpha value is 0.594. The van der Waals surface area contributed by atoms with Crippen molar-refractivity contribution in [1.82, 2.24) is 0 Å². The summed E-state index contributed by atoms with van der Waals surface area (Å²) in [6, 6.07) is 27.0. The van der Waals surface area contributed by atoms with Crippen LogP contribution in [-0.4, -0.2) is 42.3 Å². The van der Waals surface area contributed by atoms with E-state index in [1.807, 2.05) is 157 Å². The Balaban J connectivity index is -0.000000393. The third kappa shape index (κ3) is 93.6. The molecule has 0 spiro atoms. The van der Waals surface area contributed by atoms with Crippen LogP contribution in [0.3, 0.4) is 0 Å². The van der Waals surface area contributed by atoms with Crippen LogP contribution in [0.2, 0.25) is 0 Å². The van der Waals surface area contributed by atoms with Gasteiger partial charge in [0.25, 0.3) is 0 Å². The molecular formula is C108H172O9P18U2-2. The molecule has 3 aromatic rings. The van der Waals surface area contributed by atoms with Gasteiger partial charge in [0.2, 0.25) is 0 Å². The molecule has 0 fully saturated rings. The van der Waals surface area contributed by atoms with E-state index >= 15 is 0 Å². The summed E-state index contributed by atoms with van der Waals surface area (Å²) >= 11 is 0. The molecule has 0 radical (unpaired) electrons. The van der Waals surface area contributed by atoms with Crippen LogP contribution in [0, 0.1) is 129 Å². The summed E-state index contributed by atoms with van der Waals surface area (Å²) in [7, 11) is 27.9. The van der Waals surface area contributed by atoms with Crippen LogP contribution >= 0.6 is 156 Å². The Bertz CT molecular complexity index is 4090. The van der Waals surface area contributed by atoms with Crippen molar-refractivity contribution in [2.75, 3.05) is 0 Å². The third-order valence-electron chi connectivity index (χ3n) is 18.0. The Morgan fingerprint density at radius 3 is 1.53 bits per heavy atom. The van der Waals surface area contributed by atoms with Crippen LogP contribution in [0.25, 0.3) is 6.08 Å². The molecule has 25 atom stereocenters. The average molecular weight is 2650 g/mol. The molecule has 0 aliphatic heterocycles. The van der Waals surface area contributed by atoms with Crippen LogP contribution in [0.4, 0.5) is 0 Å². The second-order valence-electron chi connectivity index (χ2n) is 29.5. The normalized spacial score (nSPS) is 14.6. The average Bonchev–Trinajstić information content (AvgIpc) is 0.844. The smallest absolute Gasteiger partial charge is 0.162 e. The first-order valence-corrected chi connectivity index (χ1v) is 70.6. The summed E-state index contributed by atoms with van der Waals surface area (Å²) in [6.45, 7) is 35.4. The van der Waals surface area contributed by atoms with Crippen LogP contribution in [0.5, 0.6) is 0 Å². The van der Waals surface area contributed by atoms with Crippen molar-refractivity contribution >= 4 is 162 Å². The molecule has 0 amide bonds. The predicted molar refractivity (Wildman–Crippen MR) is 659 cm³/mol. The van der Waals surface area contributed by atoms with Gasteiger partial charge in [-0.25, -0.2) is 19.1 Å². The summed E-state index contributed by atoms with van der Waals surface area (Å²) in [6.07, 6.45) is 95.5. The van der Waals surface area contributed by atoms with Crippen LogP contribution < -0.4 is 0 Å². The standard InChI is InChI=1S/C23H36O3P6.C23H37O2P5.C22H34O3P6.C22H34OP.C14H19.2C2H6.2U/c1-2-3-4-12-17-21(24-27)18-13-7-5-6-8-14-19-22(26-32(29)30)23(25-31-28)20-15-10-9-11-16-20;1-4-6-8-14-17-21(3)23(24-29-26)20-16-12-10-9-11-15-19-22(25-30(27)28)18-13-7-5-2;1-3-5-7-9-15-22(29-23)21(24-30-26)17-16-18-12-10-11-13-19(18)20(25-31(27)28)14-8-6-4-2;1-4-6-18-21(3)19-15-13-11-9-7-8-10-12-14-16-20-22(23-24)17-5-2;1-4-13-9-5-6-10-14(13)11-7-8-12(2)3;2*1-2;;/h4-16,18-19,21-23,31H,2-3,17,27-30H2,1H3;8,10,12,14-16,19-23,29H,4-6,17-18,26-28H2,1-3H3;7,9-13,16-17,20-22,30H,3-5,14-15,26-28H2,1-2H3;4,6-8,11-16,19-22H,1,5,9-10,17-18,24H2,2-3H3;4-10,12H,11H2,1-3H3;2*1-2H3;;/q;;;2*-1;;;;/b7-5-,8-6+,12-4-,18-13+,19-14+;12-10+,14-8-,19-15+,20-16+;9-7-,17-16+;6-4-,8-7-,13-11-,14-12-,19-15+,20-16+;8-7+;;;;. The zero-order valence-electron chi connectivity index (χ0n) is 84.8. The summed E-state index contributed by atoms with van der Waals surface area (Å²) in [5.41, 5.74) is 5.92. The van der Waals surface area contributed by atoms with Gasteiger partial charge in [-0.15, -0.1) is 41.4 Å². The zero-order chi connectivity index (χ0) is 101. The van der Waals surface area contributed by atoms with Crippen molar-refractivity contribution < 1.29 is 103 Å². The van der Waals surface area contributed by atoms with Gasteiger partial charge in [-0.2, -0.15) is 18.1 Å². The summed E-state index contributed by atoms with van der Waals surface area (Å²) < 4.78 is 58.5. The molecule has 0 aromatic heterocycles. The van der Waals surface area contributed by atoms with E-state index in [4.69, 9.17) is 36.2 Å². The first-order chi connectivity index (χ1) is 65.7. The molecule has 0 aliphatic rings. The summed E-state index contributed by atoms with van der Waals surface area (Å²) in [5, 5.41) is 0. The van der Waals surface area contributed by atoms with Gasteiger partial charge >= 0.3 is 0 Å². The van der Waals surface area contributed by atoms with E-state index in [1.54, 1.807) is 0 Å². The van der Waals surface area contributed by atoms with E-state index in [0.29, 0.717) is 47.6 Å². The molecule has 0 saturated carbocycles. The summed E-state index contributed by atoms with van der Waals surface area (Å²) in [5.74, 6) is 20.3. The van der Waals surface area contributed by atoms with Gasteiger partial charge in [0.05, 0.1) is 64.9 Å². The molecule has 3 aromatic carbocycles. The van der Waals surface area contributed by atoms with Gasteiger partial charge < -0.3 is 36.2 Å². The van der Waals surface area contributed by atoms with Gasteiger partial charge in [-0.05, 0) is 110 Å². The van der Waals surface area contributed by atoms with E-state index in [1.165, 1.54) is 24.0 Å². The Labute approximate surface area is 921 Å². The SMILES string of the molecule is CC.CC.CCC#CCC(/C=C/C#C/C=C/C=C/C(OPP)C(C)C/C=C\CCC)OP(P)P.CCC#CCC(OP(P)P)c1ccccc1/C=C/C(OPP)C(C/C=C\CCC)P=O.CCC/C=C\CC(/C=C/C=C\C=C\C=C\C(OP(P)P)C(OPP)c1ccccc1)OP.C[CH-]c1ccccc1C/C=C/C(C)C.[CH2-]/C=C\CC(C)/C=C/C=C\C/C=C\C/C=C\C=C\C(CCC)OP.[U].[U]. The van der Waals surface area contributed by atoms with Gasteiger partial charge in [0, 0.05) is 132 Å². The van der Waals surface area contributed by atoms with E-state index in [9.17, 15) is 4.57 Å². The molecule has 3 rings (SSSR count). The summed E-state index contributed by atoms with van der Waals surface area (Å²) in [4.78, 5) is 0. The van der Waals surface area contributed by atoms with Crippen LogP contribution in [-0.2, 0) is 47.2 Å². The number of rotatable bonds is 60. The van der Waals surface area contributed by atoms with Gasteiger partial charge in [-0.3, -0.25) is 4.57 Å². The third-order valence-corrected chi connectivity index (χ3v) is 25.6. The fraction of sp³-hybridized carbons (Fsp3) is 0.426. The maximum atomic E-state index is 11.8. The molecule has 25 unspecified atom stereocenters. The van der Waals surface area contributed by atoms with Crippen molar-refractivity contribution in [3.63, 3.8) is 0 Å². The number of hydrogen-bond donors (Lipinski definition) is 0. The molecule has 0 bridgehead atoms. The van der Waals surface area contributed by atoms with Gasteiger partial charge in [-0.1, -0.05) is 484 Å². The second-order valence-corrected chi connectivity index (χ2v) is 51.8. The minimum absolute atomic E-state index is 0. The molecule has 0 aliphatic carbocycles. The molecule has 137 heavy (non-hydrogen) atoms. The van der Waals surface area contributed by atoms with Crippen molar-refractivity contribution in [3.05, 3.63) is 333 Å². The number of hydrogen-bond acceptors (Lipinski definition) is 9. The Morgan fingerprint density at radius 1 is 0.460 bits per heavy atom. The van der Waals surface area contributed by atoms with Crippen LogP contribution in [0.1, 0.15) is 259 Å². The molecule has 9 nitrogen and oxygen atoms in total. The largest absolute Gasteiger partial charge is 0.358 e. The zero-order valence-corrected chi connectivity index (χ0v) is 112. The first-order valence-electron chi connectivity index (χ1n) is 47.1. The molecule has 758 valence electrons. The fourth-order valence-electron chi connectivity index (χ4n) is 11.3. The van der Waals surface area contributed by atoms with E-state index in [2.05, 4.69) is 393 Å². The molecule has 29 heteroatoms. The maximum absolute atomic E-state index is 11.8. The Morgan fingerprint density at radius 2 is 0.971 bits per heavy atom. The second kappa shape index (κ2) is 115. The van der Waals surface area contributed by atoms with Crippen LogP contribution in [0.15, 0.2) is 292 Å². The van der Waals surface area contributed by atoms with Gasteiger partial charge in [0.15, 0.2) is 8.46 Å². The van der Waals surface area contributed by atoms with Crippen molar-refractivity contribution in [3.8, 4) is 35.5 Å².